The average molecular weight is 401 g/mol. The first-order chi connectivity index (χ1) is 15.3. The smallest absolute Gasteiger partial charge is 0.195 e. The van der Waals surface area contributed by atoms with E-state index in [0.717, 1.165) is 22.2 Å². The molecule has 0 aliphatic rings. The maximum absolute atomic E-state index is 13.9. The summed E-state index contributed by atoms with van der Waals surface area (Å²) in [4.78, 5) is 13.9. The Morgan fingerprint density at radius 3 is 1.74 bits per heavy atom. The molecule has 0 unspecified atom stereocenters. The van der Waals surface area contributed by atoms with Crippen molar-refractivity contribution in [3.05, 3.63) is 132 Å². The van der Waals surface area contributed by atoms with Gasteiger partial charge < -0.3 is 0 Å². The van der Waals surface area contributed by atoms with E-state index in [-0.39, 0.29) is 5.78 Å². The molecular formula is C27H19N3O. The Labute approximate surface area is 180 Å². The lowest BCUT2D eigenvalue weighted by atomic mass is 9.92. The van der Waals surface area contributed by atoms with Crippen molar-refractivity contribution in [1.82, 2.24) is 15.0 Å². The number of aromatic nitrogens is 3. The number of allylic oxidation sites excluding steroid dienone is 1. The standard InChI is InChI=1S/C27H19N3O/c31-27(22-16-8-3-9-17-22)25(20-12-4-1-5-13-20)26(21-14-6-2-7-15-21)30-24-19-11-10-18-23(24)28-29-30/h1-19H/b26-25-. The second-order valence-corrected chi connectivity index (χ2v) is 7.14. The largest absolute Gasteiger partial charge is 0.289 e. The van der Waals surface area contributed by atoms with Gasteiger partial charge in [-0.15, -0.1) is 5.10 Å². The van der Waals surface area contributed by atoms with Crippen molar-refractivity contribution in [3.63, 3.8) is 0 Å². The zero-order valence-corrected chi connectivity index (χ0v) is 16.7. The Bertz CT molecular complexity index is 1370. The molecule has 0 bridgehead atoms. The van der Waals surface area contributed by atoms with Crippen molar-refractivity contribution in [2.45, 2.75) is 0 Å². The molecule has 4 aromatic carbocycles. The zero-order valence-electron chi connectivity index (χ0n) is 16.7. The van der Waals surface area contributed by atoms with Crippen molar-refractivity contribution in [3.8, 4) is 0 Å². The van der Waals surface area contributed by atoms with Gasteiger partial charge in [0.25, 0.3) is 0 Å². The summed E-state index contributed by atoms with van der Waals surface area (Å²) >= 11 is 0. The molecular weight excluding hydrogens is 382 g/mol. The molecule has 5 rings (SSSR count). The Balaban J connectivity index is 1.88. The van der Waals surface area contributed by atoms with E-state index in [9.17, 15) is 4.79 Å². The SMILES string of the molecule is O=C(/C(=C(/c1ccccc1)n1nnc2ccccc21)c1ccccc1)c1ccccc1. The first-order valence-corrected chi connectivity index (χ1v) is 10.1. The van der Waals surface area contributed by atoms with E-state index < -0.39 is 0 Å². The maximum atomic E-state index is 13.9. The lowest BCUT2D eigenvalue weighted by Crippen LogP contribution is -2.11. The summed E-state index contributed by atoms with van der Waals surface area (Å²) in [7, 11) is 0. The summed E-state index contributed by atoms with van der Waals surface area (Å²) < 4.78 is 1.77. The first-order valence-electron chi connectivity index (χ1n) is 10.1. The van der Waals surface area contributed by atoms with Crippen LogP contribution in [0, 0.1) is 0 Å². The molecule has 0 fully saturated rings. The van der Waals surface area contributed by atoms with Gasteiger partial charge in [0, 0.05) is 11.1 Å². The van der Waals surface area contributed by atoms with Gasteiger partial charge in [0.15, 0.2) is 5.78 Å². The predicted octanol–water partition coefficient (Wildman–Crippen LogP) is 5.73. The van der Waals surface area contributed by atoms with Crippen LogP contribution in [0.4, 0.5) is 0 Å². The summed E-state index contributed by atoms with van der Waals surface area (Å²) in [6.45, 7) is 0. The second-order valence-electron chi connectivity index (χ2n) is 7.14. The Morgan fingerprint density at radius 2 is 1.10 bits per heavy atom. The highest BCUT2D eigenvalue weighted by atomic mass is 16.1. The van der Waals surface area contributed by atoms with Crippen LogP contribution in [0.25, 0.3) is 22.3 Å². The molecule has 0 radical (unpaired) electrons. The Kier molecular flexibility index (Phi) is 4.95. The van der Waals surface area contributed by atoms with Gasteiger partial charge >= 0.3 is 0 Å². The number of hydrogen-bond donors (Lipinski definition) is 0. The first kappa shape index (κ1) is 18.7. The van der Waals surface area contributed by atoms with Crippen molar-refractivity contribution < 1.29 is 4.79 Å². The number of fused-ring (bicyclic) bond motifs is 1. The highest BCUT2D eigenvalue weighted by Gasteiger charge is 2.23. The van der Waals surface area contributed by atoms with E-state index in [0.29, 0.717) is 16.8 Å². The predicted molar refractivity (Wildman–Crippen MR) is 123 cm³/mol. The van der Waals surface area contributed by atoms with Crippen LogP contribution in [-0.2, 0) is 0 Å². The molecule has 31 heavy (non-hydrogen) atoms. The molecule has 1 heterocycles. The lowest BCUT2D eigenvalue weighted by molar-refractivity contribution is 0.105. The number of benzene rings is 4. The van der Waals surface area contributed by atoms with Gasteiger partial charge in [-0.1, -0.05) is 108 Å². The van der Waals surface area contributed by atoms with Gasteiger partial charge in [-0.25, -0.2) is 4.68 Å². The molecule has 148 valence electrons. The van der Waals surface area contributed by atoms with Crippen LogP contribution in [0.3, 0.4) is 0 Å². The summed E-state index contributed by atoms with van der Waals surface area (Å²) in [5.74, 6) is -0.0646. The number of ketones is 1. The molecule has 5 aromatic rings. The van der Waals surface area contributed by atoms with Gasteiger partial charge in [-0.05, 0) is 17.7 Å². The molecule has 0 aliphatic carbocycles. The summed E-state index contributed by atoms with van der Waals surface area (Å²) in [5.41, 5.74) is 5.24. The average Bonchev–Trinajstić information content (AvgIpc) is 3.27. The molecule has 4 heteroatoms. The normalized spacial score (nSPS) is 11.9. The third kappa shape index (κ3) is 3.55. The minimum atomic E-state index is -0.0646. The highest BCUT2D eigenvalue weighted by molar-refractivity contribution is 6.34. The molecule has 4 nitrogen and oxygen atoms in total. The third-order valence-corrected chi connectivity index (χ3v) is 5.17. The topological polar surface area (TPSA) is 47.8 Å². The monoisotopic (exact) mass is 401 g/mol. The summed E-state index contributed by atoms with van der Waals surface area (Å²) in [6.07, 6.45) is 0. The van der Waals surface area contributed by atoms with Gasteiger partial charge in [-0.3, -0.25) is 4.79 Å². The van der Waals surface area contributed by atoms with Crippen LogP contribution in [0.2, 0.25) is 0 Å². The lowest BCUT2D eigenvalue weighted by Gasteiger charge is -2.16. The molecule has 0 amide bonds. The number of para-hydroxylation sites is 1. The van der Waals surface area contributed by atoms with Crippen LogP contribution >= 0.6 is 0 Å². The quantitative estimate of drug-likeness (QED) is 0.215. The van der Waals surface area contributed by atoms with Crippen molar-refractivity contribution in [1.29, 1.82) is 0 Å². The number of hydrogen-bond acceptors (Lipinski definition) is 3. The van der Waals surface area contributed by atoms with Crippen molar-refractivity contribution >= 4 is 28.1 Å². The number of carbonyl (C=O) groups excluding carboxylic acids is 1. The minimum Gasteiger partial charge on any atom is -0.289 e. The molecule has 0 saturated heterocycles. The van der Waals surface area contributed by atoms with Crippen molar-refractivity contribution in [2.75, 3.05) is 0 Å². The van der Waals surface area contributed by atoms with E-state index in [4.69, 9.17) is 0 Å². The zero-order chi connectivity index (χ0) is 21.0. The number of carbonyl (C=O) groups is 1. The second kappa shape index (κ2) is 8.20. The minimum absolute atomic E-state index is 0.0646. The third-order valence-electron chi connectivity index (χ3n) is 5.17. The van der Waals surface area contributed by atoms with Crippen molar-refractivity contribution in [2.24, 2.45) is 0 Å². The van der Waals surface area contributed by atoms with E-state index in [1.807, 2.05) is 115 Å². The molecule has 1 aromatic heterocycles. The van der Waals surface area contributed by atoms with Gasteiger partial charge in [-0.2, -0.15) is 0 Å². The van der Waals surface area contributed by atoms with Gasteiger partial charge in [0.1, 0.15) is 5.52 Å². The van der Waals surface area contributed by atoms with Gasteiger partial charge in [0.2, 0.25) is 0 Å². The molecule has 0 aliphatic heterocycles. The van der Waals surface area contributed by atoms with Gasteiger partial charge in [0.05, 0.1) is 16.8 Å². The van der Waals surface area contributed by atoms with E-state index >= 15 is 0 Å². The molecule has 0 saturated carbocycles. The fourth-order valence-electron chi connectivity index (χ4n) is 3.72. The van der Waals surface area contributed by atoms with Crippen LogP contribution in [0.15, 0.2) is 115 Å². The molecule has 0 spiro atoms. The van der Waals surface area contributed by atoms with Crippen LogP contribution < -0.4 is 0 Å². The van der Waals surface area contributed by atoms with Crippen LogP contribution in [0.1, 0.15) is 21.5 Å². The molecule has 0 N–H and O–H groups in total. The van der Waals surface area contributed by atoms with E-state index in [2.05, 4.69) is 10.3 Å². The Hall–Kier alpha value is -4.31. The number of Topliss-reactive ketones (excluding diaryl/α,β-unsaturated/α-hetero) is 1. The van der Waals surface area contributed by atoms with Crippen LogP contribution in [0.5, 0.6) is 0 Å². The highest BCUT2D eigenvalue weighted by Crippen LogP contribution is 2.32. The summed E-state index contributed by atoms with van der Waals surface area (Å²) in [5, 5.41) is 8.79. The molecule has 0 atom stereocenters. The van der Waals surface area contributed by atoms with Crippen LogP contribution in [-0.4, -0.2) is 20.8 Å². The maximum Gasteiger partial charge on any atom is 0.195 e. The Morgan fingerprint density at radius 1 is 0.581 bits per heavy atom. The van der Waals surface area contributed by atoms with E-state index in [1.165, 1.54) is 0 Å². The number of rotatable bonds is 5. The number of nitrogens with zero attached hydrogens (tertiary/aromatic N) is 3. The fraction of sp³-hybridized carbons (Fsp3) is 0. The summed E-state index contributed by atoms with van der Waals surface area (Å²) in [6, 6.07) is 36.7. The fourth-order valence-corrected chi connectivity index (χ4v) is 3.72. The van der Waals surface area contributed by atoms with E-state index in [1.54, 1.807) is 4.68 Å².